The summed E-state index contributed by atoms with van der Waals surface area (Å²) < 4.78 is 15.5. The monoisotopic (exact) mass is 204 g/mol. The van der Waals surface area contributed by atoms with Crippen LogP contribution in [-0.2, 0) is 14.5 Å². The van der Waals surface area contributed by atoms with E-state index in [9.17, 15) is 9.00 Å². The van der Waals surface area contributed by atoms with Crippen molar-refractivity contribution in [2.75, 3.05) is 11.5 Å². The predicted molar refractivity (Wildman–Crippen MR) is 52.8 cm³/mol. The van der Waals surface area contributed by atoms with E-state index in [0.717, 1.165) is 12.8 Å². The molecule has 1 atom stereocenters. The third kappa shape index (κ3) is 2.77. The van der Waals surface area contributed by atoms with E-state index >= 15 is 0 Å². The molecule has 1 aliphatic heterocycles. The van der Waals surface area contributed by atoms with Crippen molar-refractivity contribution in [2.45, 2.75) is 32.2 Å². The van der Waals surface area contributed by atoms with Crippen LogP contribution in [0, 0.1) is 0 Å². The third-order valence-corrected chi connectivity index (χ3v) is 4.56. The summed E-state index contributed by atoms with van der Waals surface area (Å²) in [5.74, 6) is 0.735. The minimum atomic E-state index is -2.21. The first-order chi connectivity index (χ1) is 6.07. The molecule has 1 amide bonds. The van der Waals surface area contributed by atoms with E-state index in [-0.39, 0.29) is 0 Å². The summed E-state index contributed by atoms with van der Waals surface area (Å²) in [5, 5.41) is 0. The lowest BCUT2D eigenvalue weighted by molar-refractivity contribution is -0.118. The van der Waals surface area contributed by atoms with E-state index in [2.05, 4.69) is 4.36 Å². The standard InChI is InChI=1S/C8H16N2O2S/c1-2-7(9)8(11)10-13(12)5-3-4-6-13/h7H,2-6,9H2,1H3/t7-/m0/s1. The van der Waals surface area contributed by atoms with Gasteiger partial charge in [-0.1, -0.05) is 6.92 Å². The molecule has 0 spiro atoms. The molecule has 0 aromatic heterocycles. The fourth-order valence-corrected chi connectivity index (χ4v) is 3.42. The molecule has 1 heterocycles. The Kier molecular flexibility index (Phi) is 3.44. The van der Waals surface area contributed by atoms with Gasteiger partial charge in [0, 0.05) is 11.5 Å². The molecule has 4 nitrogen and oxygen atoms in total. The van der Waals surface area contributed by atoms with Crippen LogP contribution >= 0.6 is 0 Å². The van der Waals surface area contributed by atoms with Gasteiger partial charge in [-0.15, -0.1) is 0 Å². The van der Waals surface area contributed by atoms with Crippen LogP contribution in [0.5, 0.6) is 0 Å². The Morgan fingerprint density at radius 2 is 2.08 bits per heavy atom. The highest BCUT2D eigenvalue weighted by molar-refractivity contribution is 7.94. The predicted octanol–water partition coefficient (Wildman–Crippen LogP) is 0.512. The van der Waals surface area contributed by atoms with Gasteiger partial charge in [-0.2, -0.15) is 4.36 Å². The Balaban J connectivity index is 2.75. The maximum Gasteiger partial charge on any atom is 0.270 e. The molecular formula is C8H16N2O2S. The van der Waals surface area contributed by atoms with Gasteiger partial charge in [0.25, 0.3) is 5.91 Å². The Morgan fingerprint density at radius 1 is 1.54 bits per heavy atom. The maximum absolute atomic E-state index is 11.8. The number of hydrogen-bond donors (Lipinski definition) is 1. The zero-order valence-corrected chi connectivity index (χ0v) is 8.68. The molecule has 0 saturated carbocycles. The van der Waals surface area contributed by atoms with Gasteiger partial charge in [0.15, 0.2) is 0 Å². The van der Waals surface area contributed by atoms with Crippen molar-refractivity contribution in [1.82, 2.24) is 0 Å². The Bertz CT molecular complexity index is 293. The van der Waals surface area contributed by atoms with E-state index in [1.165, 1.54) is 0 Å². The lowest BCUT2D eigenvalue weighted by Gasteiger charge is -2.04. The number of hydrogen-bond acceptors (Lipinski definition) is 3. The Labute approximate surface area is 79.1 Å². The highest BCUT2D eigenvalue weighted by Gasteiger charge is 2.19. The maximum atomic E-state index is 11.8. The van der Waals surface area contributed by atoms with Crippen LogP contribution < -0.4 is 5.73 Å². The average molecular weight is 204 g/mol. The number of carbonyl (C=O) groups excluding carboxylic acids is 1. The van der Waals surface area contributed by atoms with E-state index in [4.69, 9.17) is 5.73 Å². The van der Waals surface area contributed by atoms with Crippen molar-refractivity contribution in [3.8, 4) is 0 Å². The third-order valence-electron chi connectivity index (χ3n) is 2.19. The second-order valence-corrected chi connectivity index (χ2v) is 5.88. The molecule has 0 unspecified atom stereocenters. The molecule has 76 valence electrons. The lowest BCUT2D eigenvalue weighted by atomic mass is 10.2. The van der Waals surface area contributed by atoms with Crippen molar-refractivity contribution in [2.24, 2.45) is 10.1 Å². The second kappa shape index (κ2) is 4.19. The van der Waals surface area contributed by atoms with E-state index in [1.54, 1.807) is 0 Å². The van der Waals surface area contributed by atoms with Crippen LogP contribution in [0.3, 0.4) is 0 Å². The van der Waals surface area contributed by atoms with Crippen LogP contribution in [0.15, 0.2) is 4.36 Å². The summed E-state index contributed by atoms with van der Waals surface area (Å²) in [5.41, 5.74) is 5.48. The molecule has 0 bridgehead atoms. The minimum Gasteiger partial charge on any atom is -0.320 e. The van der Waals surface area contributed by atoms with Crippen LogP contribution in [0.2, 0.25) is 0 Å². The number of amides is 1. The highest BCUT2D eigenvalue weighted by atomic mass is 32.2. The Hall–Kier alpha value is -0.420. The first-order valence-electron chi connectivity index (χ1n) is 4.59. The summed E-state index contributed by atoms with van der Waals surface area (Å²) in [4.78, 5) is 11.3. The fourth-order valence-electron chi connectivity index (χ4n) is 1.25. The molecule has 0 aromatic carbocycles. The molecule has 1 fully saturated rings. The quantitative estimate of drug-likeness (QED) is 0.712. The molecule has 0 aliphatic carbocycles. The average Bonchev–Trinajstić information content (AvgIpc) is 2.50. The lowest BCUT2D eigenvalue weighted by Crippen LogP contribution is -2.29. The van der Waals surface area contributed by atoms with Gasteiger partial charge in [-0.25, -0.2) is 4.21 Å². The van der Waals surface area contributed by atoms with Crippen molar-refractivity contribution in [3.05, 3.63) is 0 Å². The Morgan fingerprint density at radius 3 is 2.54 bits per heavy atom. The summed E-state index contributed by atoms with van der Waals surface area (Å²) in [6, 6.07) is -0.570. The van der Waals surface area contributed by atoms with E-state index in [0.29, 0.717) is 17.9 Å². The van der Waals surface area contributed by atoms with E-state index < -0.39 is 21.7 Å². The van der Waals surface area contributed by atoms with Crippen LogP contribution in [0.1, 0.15) is 26.2 Å². The van der Waals surface area contributed by atoms with Gasteiger partial charge >= 0.3 is 0 Å². The molecule has 1 aliphatic rings. The van der Waals surface area contributed by atoms with Gasteiger partial charge in [0.05, 0.1) is 15.8 Å². The van der Waals surface area contributed by atoms with Crippen molar-refractivity contribution in [1.29, 1.82) is 0 Å². The summed E-state index contributed by atoms with van der Waals surface area (Å²) >= 11 is 0. The zero-order chi connectivity index (χ0) is 9.90. The number of nitrogens with two attached hydrogens (primary N) is 1. The SMILES string of the molecule is CC[C@H](N)C(=O)N=S1(=O)CCCC1. The molecule has 1 saturated heterocycles. The molecule has 0 radical (unpaired) electrons. The first kappa shape index (κ1) is 10.7. The van der Waals surface area contributed by atoms with Crippen molar-refractivity contribution in [3.63, 3.8) is 0 Å². The topological polar surface area (TPSA) is 72.5 Å². The normalized spacial score (nSPS) is 22.6. The van der Waals surface area contributed by atoms with Gasteiger partial charge in [-0.3, -0.25) is 4.79 Å². The molecule has 2 N–H and O–H groups in total. The van der Waals surface area contributed by atoms with Crippen molar-refractivity contribution >= 4 is 15.6 Å². The molecule has 13 heavy (non-hydrogen) atoms. The molecule has 1 rings (SSSR count). The van der Waals surface area contributed by atoms with Gasteiger partial charge in [0.2, 0.25) is 0 Å². The van der Waals surface area contributed by atoms with Gasteiger partial charge in [0.1, 0.15) is 0 Å². The number of carbonyl (C=O) groups is 1. The molecule has 5 heteroatoms. The minimum absolute atomic E-state index is 0.394. The summed E-state index contributed by atoms with van der Waals surface area (Å²) in [6.07, 6.45) is 2.38. The van der Waals surface area contributed by atoms with Crippen LogP contribution in [0.25, 0.3) is 0 Å². The second-order valence-electron chi connectivity index (χ2n) is 3.33. The fraction of sp³-hybridized carbons (Fsp3) is 0.875. The first-order valence-corrected chi connectivity index (χ1v) is 6.44. The molecular weight excluding hydrogens is 188 g/mol. The smallest absolute Gasteiger partial charge is 0.270 e. The van der Waals surface area contributed by atoms with Gasteiger partial charge < -0.3 is 5.73 Å². The highest BCUT2D eigenvalue weighted by Crippen LogP contribution is 2.13. The van der Waals surface area contributed by atoms with Crippen LogP contribution in [0.4, 0.5) is 0 Å². The van der Waals surface area contributed by atoms with Crippen molar-refractivity contribution < 1.29 is 9.00 Å². The van der Waals surface area contributed by atoms with Crippen LogP contribution in [-0.4, -0.2) is 27.7 Å². The zero-order valence-electron chi connectivity index (χ0n) is 7.86. The largest absolute Gasteiger partial charge is 0.320 e. The summed E-state index contributed by atoms with van der Waals surface area (Å²) in [7, 11) is -2.21. The van der Waals surface area contributed by atoms with E-state index in [1.807, 2.05) is 6.92 Å². The number of nitrogens with zero attached hydrogens (tertiary/aromatic N) is 1. The molecule has 0 aromatic rings. The number of rotatable bonds is 2. The summed E-state index contributed by atoms with van der Waals surface area (Å²) in [6.45, 7) is 1.82. The van der Waals surface area contributed by atoms with Gasteiger partial charge in [-0.05, 0) is 19.3 Å².